The van der Waals surface area contributed by atoms with Gasteiger partial charge in [0.25, 0.3) is 5.91 Å². The molecule has 1 aromatic heterocycles. The summed E-state index contributed by atoms with van der Waals surface area (Å²) in [5.74, 6) is 2.73. The van der Waals surface area contributed by atoms with Gasteiger partial charge in [-0.3, -0.25) is 4.79 Å². The van der Waals surface area contributed by atoms with Gasteiger partial charge in [0.2, 0.25) is 0 Å². The van der Waals surface area contributed by atoms with Gasteiger partial charge in [-0.25, -0.2) is 4.98 Å². The number of para-hydroxylation sites is 1. The zero-order chi connectivity index (χ0) is 19.3. The molecule has 4 nitrogen and oxygen atoms in total. The van der Waals surface area contributed by atoms with E-state index in [2.05, 4.69) is 4.98 Å². The number of thioether (sulfide) groups is 1. The molecule has 0 radical (unpaired) electrons. The summed E-state index contributed by atoms with van der Waals surface area (Å²) in [6.07, 6.45) is 0. The van der Waals surface area contributed by atoms with Gasteiger partial charge in [0, 0.05) is 35.0 Å². The zero-order valence-electron chi connectivity index (χ0n) is 15.1. The second kappa shape index (κ2) is 8.99. The van der Waals surface area contributed by atoms with E-state index in [1.54, 1.807) is 0 Å². The van der Waals surface area contributed by atoms with Gasteiger partial charge < -0.3 is 9.64 Å². The minimum Gasteiger partial charge on any atom is -0.488 e. The molecule has 2 heterocycles. The summed E-state index contributed by atoms with van der Waals surface area (Å²) in [5, 5.41) is 3.32. The molecule has 3 aromatic rings. The number of hydrogen-bond acceptors (Lipinski definition) is 5. The molecule has 2 aromatic carbocycles. The van der Waals surface area contributed by atoms with Gasteiger partial charge in [-0.05, 0) is 29.8 Å². The molecule has 7 heteroatoms. The standard InChI is InChI=1S/C21H19ClN2O2S2/c22-16-5-3-4-15(12-16)13-26-19-7-2-1-6-17(19)20-23-18(14-28-20)21(25)24-8-10-27-11-9-24/h1-7,12,14H,8-11,13H2. The van der Waals surface area contributed by atoms with Crippen molar-refractivity contribution in [2.75, 3.05) is 24.6 Å². The van der Waals surface area contributed by atoms with Crippen molar-refractivity contribution in [3.8, 4) is 16.3 Å². The van der Waals surface area contributed by atoms with Crippen LogP contribution in [0.3, 0.4) is 0 Å². The molecule has 0 spiro atoms. The van der Waals surface area contributed by atoms with E-state index in [1.165, 1.54) is 11.3 Å². The molecule has 28 heavy (non-hydrogen) atoms. The van der Waals surface area contributed by atoms with E-state index in [-0.39, 0.29) is 5.91 Å². The minimum absolute atomic E-state index is 0.0140. The summed E-state index contributed by atoms with van der Waals surface area (Å²) in [6.45, 7) is 1.99. The lowest BCUT2D eigenvalue weighted by Crippen LogP contribution is -2.38. The first-order chi connectivity index (χ1) is 13.7. The highest BCUT2D eigenvalue weighted by Crippen LogP contribution is 2.33. The highest BCUT2D eigenvalue weighted by Gasteiger charge is 2.21. The molecule has 0 aliphatic carbocycles. The van der Waals surface area contributed by atoms with Gasteiger partial charge in [-0.15, -0.1) is 11.3 Å². The fourth-order valence-electron chi connectivity index (χ4n) is 2.98. The van der Waals surface area contributed by atoms with E-state index in [4.69, 9.17) is 16.3 Å². The molecule has 0 bridgehead atoms. The van der Waals surface area contributed by atoms with Crippen LogP contribution in [-0.4, -0.2) is 40.4 Å². The Morgan fingerprint density at radius 2 is 1.96 bits per heavy atom. The maximum Gasteiger partial charge on any atom is 0.273 e. The molecular formula is C21H19ClN2O2S2. The predicted octanol–water partition coefficient (Wildman–Crippen LogP) is 5.23. The molecule has 1 fully saturated rings. The van der Waals surface area contributed by atoms with Crippen LogP contribution in [-0.2, 0) is 6.61 Å². The van der Waals surface area contributed by atoms with Crippen LogP contribution in [0.2, 0.25) is 5.02 Å². The molecule has 144 valence electrons. The second-order valence-corrected chi connectivity index (χ2v) is 8.88. The Balaban J connectivity index is 1.52. The van der Waals surface area contributed by atoms with Gasteiger partial charge in [-0.2, -0.15) is 11.8 Å². The largest absolute Gasteiger partial charge is 0.488 e. The van der Waals surface area contributed by atoms with Crippen molar-refractivity contribution in [3.63, 3.8) is 0 Å². The maximum atomic E-state index is 12.7. The first kappa shape index (κ1) is 19.3. The summed E-state index contributed by atoms with van der Waals surface area (Å²) in [5.41, 5.74) is 2.40. The Bertz CT molecular complexity index is 970. The van der Waals surface area contributed by atoms with Crippen molar-refractivity contribution in [2.24, 2.45) is 0 Å². The number of nitrogens with zero attached hydrogens (tertiary/aromatic N) is 2. The highest BCUT2D eigenvalue weighted by atomic mass is 35.5. The molecule has 0 unspecified atom stereocenters. The average Bonchev–Trinajstić information content (AvgIpc) is 3.23. The molecule has 0 N–H and O–H groups in total. The van der Waals surface area contributed by atoms with Crippen molar-refractivity contribution < 1.29 is 9.53 Å². The summed E-state index contributed by atoms with van der Waals surface area (Å²) >= 11 is 9.40. The molecule has 1 saturated heterocycles. The molecular weight excluding hydrogens is 412 g/mol. The molecule has 0 saturated carbocycles. The van der Waals surface area contributed by atoms with Crippen LogP contribution < -0.4 is 4.74 Å². The Labute approximate surface area is 177 Å². The number of rotatable bonds is 5. The number of ether oxygens (including phenoxy) is 1. The van der Waals surface area contributed by atoms with Gasteiger partial charge in [0.15, 0.2) is 0 Å². The number of aromatic nitrogens is 1. The SMILES string of the molecule is O=C(c1csc(-c2ccccc2OCc2cccc(Cl)c2)n1)N1CCSCC1. The van der Waals surface area contributed by atoms with E-state index in [0.717, 1.165) is 46.5 Å². The van der Waals surface area contributed by atoms with Crippen LogP contribution in [0.15, 0.2) is 53.9 Å². The molecule has 4 rings (SSSR count). The number of carbonyl (C=O) groups is 1. The number of carbonyl (C=O) groups excluding carboxylic acids is 1. The lowest BCUT2D eigenvalue weighted by Gasteiger charge is -2.25. The summed E-state index contributed by atoms with van der Waals surface area (Å²) in [6, 6.07) is 15.4. The zero-order valence-corrected chi connectivity index (χ0v) is 17.5. The first-order valence-corrected chi connectivity index (χ1v) is 11.4. The minimum atomic E-state index is 0.0140. The second-order valence-electron chi connectivity index (χ2n) is 6.36. The molecule has 1 amide bonds. The summed E-state index contributed by atoms with van der Waals surface area (Å²) in [7, 11) is 0. The highest BCUT2D eigenvalue weighted by molar-refractivity contribution is 7.99. The molecule has 0 atom stereocenters. The van der Waals surface area contributed by atoms with E-state index >= 15 is 0 Å². The van der Waals surface area contributed by atoms with E-state index < -0.39 is 0 Å². The summed E-state index contributed by atoms with van der Waals surface area (Å²) in [4.78, 5) is 19.2. The molecule has 1 aliphatic heterocycles. The third-order valence-corrected chi connectivity index (χ3v) is 6.48. The van der Waals surface area contributed by atoms with Crippen LogP contribution in [0.5, 0.6) is 5.75 Å². The van der Waals surface area contributed by atoms with E-state index in [1.807, 2.05) is 70.6 Å². The Morgan fingerprint density at radius 3 is 2.79 bits per heavy atom. The van der Waals surface area contributed by atoms with Crippen LogP contribution >= 0.6 is 34.7 Å². The third kappa shape index (κ3) is 4.51. The van der Waals surface area contributed by atoms with E-state index in [0.29, 0.717) is 17.3 Å². The van der Waals surface area contributed by atoms with Crippen LogP contribution in [0.25, 0.3) is 10.6 Å². The predicted molar refractivity (Wildman–Crippen MR) is 117 cm³/mol. The maximum absolute atomic E-state index is 12.7. The van der Waals surface area contributed by atoms with Crippen molar-refractivity contribution in [2.45, 2.75) is 6.61 Å². The fraction of sp³-hybridized carbons (Fsp3) is 0.238. The van der Waals surface area contributed by atoms with E-state index in [9.17, 15) is 4.79 Å². The lowest BCUT2D eigenvalue weighted by molar-refractivity contribution is 0.0767. The fourth-order valence-corrected chi connectivity index (χ4v) is 4.92. The Morgan fingerprint density at radius 1 is 1.14 bits per heavy atom. The van der Waals surface area contributed by atoms with Crippen molar-refractivity contribution >= 4 is 40.6 Å². The lowest BCUT2D eigenvalue weighted by atomic mass is 10.2. The number of benzene rings is 2. The Hall–Kier alpha value is -2.02. The van der Waals surface area contributed by atoms with Crippen molar-refractivity contribution in [1.82, 2.24) is 9.88 Å². The number of halogens is 1. The van der Waals surface area contributed by atoms with Gasteiger partial charge in [0.05, 0.1) is 5.56 Å². The number of hydrogen-bond donors (Lipinski definition) is 0. The average molecular weight is 431 g/mol. The van der Waals surface area contributed by atoms with Crippen molar-refractivity contribution in [1.29, 1.82) is 0 Å². The normalized spacial score (nSPS) is 14.1. The third-order valence-electron chi connectivity index (χ3n) is 4.42. The van der Waals surface area contributed by atoms with Crippen LogP contribution in [0.1, 0.15) is 16.1 Å². The number of thiazole rings is 1. The smallest absolute Gasteiger partial charge is 0.273 e. The van der Waals surface area contributed by atoms with Gasteiger partial charge >= 0.3 is 0 Å². The van der Waals surface area contributed by atoms with Crippen LogP contribution in [0, 0.1) is 0 Å². The monoisotopic (exact) mass is 430 g/mol. The van der Waals surface area contributed by atoms with Crippen LogP contribution in [0.4, 0.5) is 0 Å². The topological polar surface area (TPSA) is 42.4 Å². The Kier molecular flexibility index (Phi) is 6.20. The van der Waals surface area contributed by atoms with Crippen molar-refractivity contribution in [3.05, 3.63) is 70.2 Å². The quantitative estimate of drug-likeness (QED) is 0.555. The van der Waals surface area contributed by atoms with Gasteiger partial charge in [0.1, 0.15) is 23.1 Å². The first-order valence-electron chi connectivity index (χ1n) is 9.00. The van der Waals surface area contributed by atoms with Gasteiger partial charge in [-0.1, -0.05) is 35.9 Å². The number of amides is 1. The molecule has 1 aliphatic rings. The summed E-state index contributed by atoms with van der Waals surface area (Å²) < 4.78 is 6.03.